The molecule has 0 amide bonds. The highest BCUT2D eigenvalue weighted by Gasteiger charge is 2.23. The van der Waals surface area contributed by atoms with E-state index in [9.17, 15) is 8.42 Å². The topological polar surface area (TPSA) is 88.1 Å². The van der Waals surface area contributed by atoms with Crippen LogP contribution in [-0.2, 0) is 16.6 Å². The number of benzene rings is 2. The van der Waals surface area contributed by atoms with E-state index in [1.807, 2.05) is 60.8 Å². The molecule has 8 heteroatoms. The summed E-state index contributed by atoms with van der Waals surface area (Å²) < 4.78 is 28.4. The highest BCUT2D eigenvalue weighted by molar-refractivity contribution is 7.89. The number of pyridine rings is 3. The molecule has 0 bridgehead atoms. The number of anilines is 2. The van der Waals surface area contributed by atoms with E-state index in [4.69, 9.17) is 4.98 Å². The summed E-state index contributed by atoms with van der Waals surface area (Å²) in [5, 5.41) is 1.96. The van der Waals surface area contributed by atoms with Gasteiger partial charge in [-0.1, -0.05) is 36.4 Å². The summed E-state index contributed by atoms with van der Waals surface area (Å²) in [4.78, 5) is 15.8. The summed E-state index contributed by atoms with van der Waals surface area (Å²) in [7, 11) is -3.72. The maximum Gasteiger partial charge on any atom is 0.242 e. The second-order valence-corrected chi connectivity index (χ2v) is 11.8. The van der Waals surface area contributed by atoms with Crippen LogP contribution in [0, 0.1) is 0 Å². The molecule has 5 aromatic rings. The van der Waals surface area contributed by atoms with E-state index >= 15 is 0 Å². The third kappa shape index (κ3) is 5.72. The number of hydrogen-bond acceptors (Lipinski definition) is 6. The minimum atomic E-state index is -3.72. The predicted molar refractivity (Wildman–Crippen MR) is 152 cm³/mol. The van der Waals surface area contributed by atoms with Crippen LogP contribution in [0.15, 0.2) is 109 Å². The molecule has 0 aliphatic heterocycles. The van der Waals surface area contributed by atoms with Gasteiger partial charge in [-0.25, -0.2) is 13.1 Å². The van der Waals surface area contributed by atoms with Crippen LogP contribution in [0.3, 0.4) is 0 Å². The maximum atomic E-state index is 12.9. The molecule has 7 nitrogen and oxygen atoms in total. The molecule has 0 spiro atoms. The number of para-hydroxylation sites is 1. The van der Waals surface area contributed by atoms with E-state index < -0.39 is 15.6 Å². The molecule has 0 saturated carbocycles. The van der Waals surface area contributed by atoms with Gasteiger partial charge in [-0.05, 0) is 68.6 Å². The van der Waals surface area contributed by atoms with Gasteiger partial charge in [0.1, 0.15) is 4.90 Å². The molecule has 2 aromatic carbocycles. The van der Waals surface area contributed by atoms with Crippen LogP contribution in [0.25, 0.3) is 22.0 Å². The summed E-state index contributed by atoms with van der Waals surface area (Å²) in [6.45, 7) is 6.00. The van der Waals surface area contributed by atoms with Crippen molar-refractivity contribution in [1.29, 1.82) is 0 Å². The normalized spacial score (nSPS) is 12.0. The molecule has 0 atom stereocenters. The van der Waals surface area contributed by atoms with Crippen LogP contribution in [0.4, 0.5) is 11.4 Å². The lowest BCUT2D eigenvalue weighted by Gasteiger charge is -2.26. The van der Waals surface area contributed by atoms with Gasteiger partial charge in [0.15, 0.2) is 0 Å². The lowest BCUT2D eigenvalue weighted by atomic mass is 10.1. The molecule has 3 heterocycles. The maximum absolute atomic E-state index is 12.9. The van der Waals surface area contributed by atoms with Crippen molar-refractivity contribution in [1.82, 2.24) is 19.7 Å². The Labute approximate surface area is 223 Å². The Balaban J connectivity index is 1.55. The molecule has 1 N–H and O–H groups in total. The van der Waals surface area contributed by atoms with Gasteiger partial charge < -0.3 is 4.90 Å². The van der Waals surface area contributed by atoms with Crippen LogP contribution in [0.1, 0.15) is 26.5 Å². The molecular formula is C30H29N5O2S. The van der Waals surface area contributed by atoms with E-state index in [0.29, 0.717) is 17.8 Å². The van der Waals surface area contributed by atoms with Crippen molar-refractivity contribution in [2.75, 3.05) is 4.90 Å². The highest BCUT2D eigenvalue weighted by atomic mass is 32.2. The van der Waals surface area contributed by atoms with Gasteiger partial charge in [0.25, 0.3) is 0 Å². The molecule has 0 aliphatic carbocycles. The van der Waals surface area contributed by atoms with Crippen LogP contribution >= 0.6 is 0 Å². The zero-order valence-electron chi connectivity index (χ0n) is 21.5. The fourth-order valence-electron chi connectivity index (χ4n) is 4.29. The van der Waals surface area contributed by atoms with Crippen LogP contribution in [0.2, 0.25) is 0 Å². The van der Waals surface area contributed by atoms with Crippen molar-refractivity contribution >= 4 is 32.2 Å². The van der Waals surface area contributed by atoms with E-state index in [1.54, 1.807) is 39.2 Å². The van der Waals surface area contributed by atoms with Crippen LogP contribution in [-0.4, -0.2) is 28.9 Å². The summed E-state index contributed by atoms with van der Waals surface area (Å²) >= 11 is 0. The fourth-order valence-corrected chi connectivity index (χ4v) is 5.70. The Kier molecular flexibility index (Phi) is 6.93. The lowest BCUT2D eigenvalue weighted by Crippen LogP contribution is -2.40. The van der Waals surface area contributed by atoms with E-state index in [2.05, 4.69) is 37.8 Å². The minimum Gasteiger partial charge on any atom is -0.335 e. The van der Waals surface area contributed by atoms with Crippen LogP contribution in [0.5, 0.6) is 0 Å². The monoisotopic (exact) mass is 523 g/mol. The first kappa shape index (κ1) is 25.5. The Morgan fingerprint density at radius 1 is 0.842 bits per heavy atom. The Morgan fingerprint density at radius 3 is 2.37 bits per heavy atom. The van der Waals surface area contributed by atoms with E-state index in [0.717, 1.165) is 27.8 Å². The number of sulfonamides is 1. The average Bonchev–Trinajstić information content (AvgIpc) is 2.91. The fraction of sp³-hybridized carbons (Fsp3) is 0.167. The van der Waals surface area contributed by atoms with Crippen molar-refractivity contribution < 1.29 is 8.42 Å². The SMILES string of the molecule is CC(C)(C)NS(=O)(=O)c1cncc(-c2cc3cccc(N(Cc4ccccn4)c4ccccc4)c3cn2)c1. The Bertz CT molecular complexity index is 1670. The number of rotatable bonds is 7. The van der Waals surface area contributed by atoms with E-state index in [1.165, 1.54) is 6.20 Å². The molecule has 0 fully saturated rings. The zero-order valence-corrected chi connectivity index (χ0v) is 22.4. The van der Waals surface area contributed by atoms with Gasteiger partial charge in [0.05, 0.1) is 23.6 Å². The smallest absolute Gasteiger partial charge is 0.242 e. The second kappa shape index (κ2) is 10.3. The van der Waals surface area contributed by atoms with Gasteiger partial charge in [-0.15, -0.1) is 0 Å². The standard InChI is InChI=1S/C30H29N5O2S/c1-30(2,3)34-38(36,37)26-16-23(18-31-19-26)28-17-22-10-9-14-29(27(22)20-33-28)35(25-12-5-4-6-13-25)21-24-11-7-8-15-32-24/h4-20,34H,21H2,1-3H3. The van der Waals surface area contributed by atoms with Crippen LogP contribution < -0.4 is 9.62 Å². The first-order valence-corrected chi connectivity index (χ1v) is 13.8. The quantitative estimate of drug-likeness (QED) is 0.277. The molecule has 5 rings (SSSR count). The van der Waals surface area contributed by atoms with Gasteiger partial charge >= 0.3 is 0 Å². The van der Waals surface area contributed by atoms with E-state index in [-0.39, 0.29) is 4.90 Å². The third-order valence-corrected chi connectivity index (χ3v) is 7.63. The molecular weight excluding hydrogens is 494 g/mol. The molecule has 3 aromatic heterocycles. The largest absolute Gasteiger partial charge is 0.335 e. The molecule has 0 unspecified atom stereocenters. The average molecular weight is 524 g/mol. The molecule has 192 valence electrons. The third-order valence-electron chi connectivity index (χ3n) is 5.91. The number of nitrogens with one attached hydrogen (secondary N) is 1. The van der Waals surface area contributed by atoms with Crippen molar-refractivity contribution in [2.24, 2.45) is 0 Å². The summed E-state index contributed by atoms with van der Waals surface area (Å²) in [5.41, 5.74) is 3.66. The Morgan fingerprint density at radius 2 is 1.63 bits per heavy atom. The molecule has 38 heavy (non-hydrogen) atoms. The first-order chi connectivity index (χ1) is 18.2. The van der Waals surface area contributed by atoms with Gasteiger partial charge in [-0.3, -0.25) is 15.0 Å². The Hall–Kier alpha value is -4.14. The van der Waals surface area contributed by atoms with Gasteiger partial charge in [-0.2, -0.15) is 0 Å². The number of nitrogens with zero attached hydrogens (tertiary/aromatic N) is 4. The lowest BCUT2D eigenvalue weighted by molar-refractivity contribution is 0.491. The predicted octanol–water partition coefficient (Wildman–Crippen LogP) is 6.11. The number of aromatic nitrogens is 3. The van der Waals surface area contributed by atoms with Crippen molar-refractivity contribution in [3.05, 3.63) is 109 Å². The minimum absolute atomic E-state index is 0.103. The first-order valence-electron chi connectivity index (χ1n) is 12.3. The van der Waals surface area contributed by atoms with Crippen molar-refractivity contribution in [2.45, 2.75) is 37.8 Å². The molecule has 0 saturated heterocycles. The second-order valence-electron chi connectivity index (χ2n) is 10.1. The highest BCUT2D eigenvalue weighted by Crippen LogP contribution is 2.34. The molecule has 0 radical (unpaired) electrons. The summed E-state index contributed by atoms with van der Waals surface area (Å²) in [5.74, 6) is 0. The van der Waals surface area contributed by atoms with Crippen molar-refractivity contribution in [3.63, 3.8) is 0 Å². The summed E-state index contributed by atoms with van der Waals surface area (Å²) in [6, 6.07) is 25.8. The molecule has 0 aliphatic rings. The number of fused-ring (bicyclic) bond motifs is 1. The number of hydrogen-bond donors (Lipinski definition) is 1. The summed E-state index contributed by atoms with van der Waals surface area (Å²) in [6.07, 6.45) is 6.62. The van der Waals surface area contributed by atoms with Gasteiger partial charge in [0.2, 0.25) is 10.0 Å². The van der Waals surface area contributed by atoms with Crippen molar-refractivity contribution in [3.8, 4) is 11.3 Å². The zero-order chi connectivity index (χ0) is 26.8. The van der Waals surface area contributed by atoms with Gasteiger partial charge in [0, 0.05) is 47.0 Å².